The number of nitrogens with one attached hydrogen (secondary N) is 3. The highest BCUT2D eigenvalue weighted by Gasteiger charge is 2.06. The lowest BCUT2D eigenvalue weighted by Gasteiger charge is -2.04. The Labute approximate surface area is 137 Å². The molecule has 23 heavy (non-hydrogen) atoms. The van der Waals surface area contributed by atoms with Gasteiger partial charge in [0.05, 0.1) is 12.3 Å². The second-order valence-corrected chi connectivity index (χ2v) is 5.95. The molecule has 7 heteroatoms. The number of methoxy groups -OCH3 is 1. The van der Waals surface area contributed by atoms with E-state index in [-0.39, 0.29) is 6.03 Å². The van der Waals surface area contributed by atoms with Gasteiger partial charge in [-0.15, -0.1) is 11.3 Å². The SMILES string of the molecule is COCc1csc(NC(=O)NCCc2cc3ccccc3[nH]2)n1. The minimum absolute atomic E-state index is 0.251. The van der Waals surface area contributed by atoms with E-state index in [4.69, 9.17) is 4.74 Å². The number of anilines is 1. The monoisotopic (exact) mass is 330 g/mol. The maximum atomic E-state index is 11.8. The van der Waals surface area contributed by atoms with Crippen LogP contribution in [0, 0.1) is 0 Å². The van der Waals surface area contributed by atoms with Crippen molar-refractivity contribution < 1.29 is 9.53 Å². The summed E-state index contributed by atoms with van der Waals surface area (Å²) in [5, 5.41) is 9.17. The Morgan fingerprint density at radius 1 is 1.39 bits per heavy atom. The van der Waals surface area contributed by atoms with E-state index in [0.717, 1.165) is 23.3 Å². The fraction of sp³-hybridized carbons (Fsp3) is 0.250. The molecule has 3 rings (SSSR count). The Balaban J connectivity index is 1.46. The predicted molar refractivity (Wildman–Crippen MR) is 91.9 cm³/mol. The summed E-state index contributed by atoms with van der Waals surface area (Å²) < 4.78 is 5.00. The van der Waals surface area contributed by atoms with Crippen molar-refractivity contribution in [2.45, 2.75) is 13.0 Å². The first-order valence-corrected chi connectivity index (χ1v) is 8.17. The molecule has 0 saturated heterocycles. The second-order valence-electron chi connectivity index (χ2n) is 5.09. The van der Waals surface area contributed by atoms with E-state index in [9.17, 15) is 4.79 Å². The fourth-order valence-corrected chi connectivity index (χ4v) is 2.99. The van der Waals surface area contributed by atoms with Gasteiger partial charge in [0, 0.05) is 36.7 Å². The molecule has 0 aliphatic carbocycles. The van der Waals surface area contributed by atoms with Gasteiger partial charge in [0.15, 0.2) is 5.13 Å². The van der Waals surface area contributed by atoms with Crippen molar-refractivity contribution in [3.05, 3.63) is 47.1 Å². The van der Waals surface area contributed by atoms with Crippen LogP contribution in [0.5, 0.6) is 0 Å². The lowest BCUT2D eigenvalue weighted by Crippen LogP contribution is -2.30. The molecule has 0 fully saturated rings. The Hall–Kier alpha value is -2.38. The zero-order valence-corrected chi connectivity index (χ0v) is 13.6. The molecule has 0 atom stereocenters. The number of fused-ring (bicyclic) bond motifs is 1. The summed E-state index contributed by atoms with van der Waals surface area (Å²) in [5.74, 6) is 0. The molecule has 1 aromatic carbocycles. The maximum Gasteiger partial charge on any atom is 0.321 e. The average Bonchev–Trinajstić information content (AvgIpc) is 3.14. The summed E-state index contributed by atoms with van der Waals surface area (Å²) in [6, 6.07) is 9.97. The van der Waals surface area contributed by atoms with Crippen molar-refractivity contribution >= 4 is 33.4 Å². The van der Waals surface area contributed by atoms with Gasteiger partial charge in [0.2, 0.25) is 0 Å². The van der Waals surface area contributed by atoms with Crippen LogP contribution in [0.4, 0.5) is 9.93 Å². The third kappa shape index (κ3) is 4.08. The molecule has 3 aromatic rings. The fourth-order valence-electron chi connectivity index (χ4n) is 2.30. The maximum absolute atomic E-state index is 11.8. The van der Waals surface area contributed by atoms with Crippen molar-refractivity contribution in [3.63, 3.8) is 0 Å². The van der Waals surface area contributed by atoms with Crippen molar-refractivity contribution in [2.75, 3.05) is 19.0 Å². The number of carbonyl (C=O) groups excluding carboxylic acids is 1. The third-order valence-electron chi connectivity index (χ3n) is 3.33. The van der Waals surface area contributed by atoms with Gasteiger partial charge in [-0.25, -0.2) is 9.78 Å². The molecule has 0 unspecified atom stereocenters. The highest BCUT2D eigenvalue weighted by Crippen LogP contribution is 2.16. The van der Waals surface area contributed by atoms with Crippen LogP contribution in [0.15, 0.2) is 35.7 Å². The molecule has 0 aliphatic heterocycles. The Kier molecular flexibility index (Phi) is 4.89. The molecule has 6 nitrogen and oxygen atoms in total. The third-order valence-corrected chi connectivity index (χ3v) is 4.14. The average molecular weight is 330 g/mol. The van der Waals surface area contributed by atoms with E-state index >= 15 is 0 Å². The van der Waals surface area contributed by atoms with Gasteiger partial charge in [-0.05, 0) is 17.5 Å². The number of rotatable bonds is 6. The molecule has 2 aromatic heterocycles. The number of ether oxygens (including phenoxy) is 1. The number of aromatic amines is 1. The van der Waals surface area contributed by atoms with Crippen LogP contribution < -0.4 is 10.6 Å². The summed E-state index contributed by atoms with van der Waals surface area (Å²) in [4.78, 5) is 19.4. The van der Waals surface area contributed by atoms with Crippen LogP contribution in [0.3, 0.4) is 0 Å². The van der Waals surface area contributed by atoms with Gasteiger partial charge in [-0.2, -0.15) is 0 Å². The number of nitrogens with zero attached hydrogens (tertiary/aromatic N) is 1. The van der Waals surface area contributed by atoms with Crippen LogP contribution in [0.25, 0.3) is 10.9 Å². The summed E-state index contributed by atoms with van der Waals surface area (Å²) in [7, 11) is 1.61. The van der Waals surface area contributed by atoms with Crippen LogP contribution in [0.2, 0.25) is 0 Å². The Morgan fingerprint density at radius 2 is 2.26 bits per heavy atom. The lowest BCUT2D eigenvalue weighted by atomic mass is 10.2. The number of H-pyrrole nitrogens is 1. The summed E-state index contributed by atoms with van der Waals surface area (Å²) in [6.45, 7) is 0.995. The molecule has 0 bridgehead atoms. The van der Waals surface area contributed by atoms with Crippen molar-refractivity contribution in [3.8, 4) is 0 Å². The second kappa shape index (κ2) is 7.26. The van der Waals surface area contributed by atoms with Crippen LogP contribution >= 0.6 is 11.3 Å². The van der Waals surface area contributed by atoms with E-state index < -0.39 is 0 Å². The number of urea groups is 1. The highest BCUT2D eigenvalue weighted by atomic mass is 32.1. The molecule has 2 amide bonds. The van der Waals surface area contributed by atoms with E-state index in [2.05, 4.69) is 32.7 Å². The number of hydrogen-bond acceptors (Lipinski definition) is 4. The molecule has 3 N–H and O–H groups in total. The van der Waals surface area contributed by atoms with Gasteiger partial charge in [-0.3, -0.25) is 5.32 Å². The molecule has 0 radical (unpaired) electrons. The number of para-hydroxylation sites is 1. The van der Waals surface area contributed by atoms with Gasteiger partial charge in [-0.1, -0.05) is 18.2 Å². The predicted octanol–water partition coefficient (Wildman–Crippen LogP) is 3.14. The van der Waals surface area contributed by atoms with E-state index in [1.807, 2.05) is 23.6 Å². The summed E-state index contributed by atoms with van der Waals surface area (Å²) in [6.07, 6.45) is 0.745. The molecule has 0 aliphatic rings. The summed E-state index contributed by atoms with van der Waals surface area (Å²) >= 11 is 1.38. The normalized spacial score (nSPS) is 10.8. The molecular formula is C16H18N4O2S. The molecule has 2 heterocycles. The molecule has 0 saturated carbocycles. The lowest BCUT2D eigenvalue weighted by molar-refractivity contribution is 0.182. The molecular weight excluding hydrogens is 312 g/mol. The van der Waals surface area contributed by atoms with Gasteiger partial charge >= 0.3 is 6.03 Å². The van der Waals surface area contributed by atoms with Crippen molar-refractivity contribution in [2.24, 2.45) is 0 Å². The largest absolute Gasteiger partial charge is 0.378 e. The number of thiazole rings is 1. The number of aromatic nitrogens is 2. The first-order valence-electron chi connectivity index (χ1n) is 7.29. The van der Waals surface area contributed by atoms with E-state index in [0.29, 0.717) is 18.3 Å². The van der Waals surface area contributed by atoms with Gasteiger partial charge < -0.3 is 15.0 Å². The number of carbonyl (C=O) groups is 1. The van der Waals surface area contributed by atoms with Gasteiger partial charge in [0.25, 0.3) is 0 Å². The number of benzene rings is 1. The highest BCUT2D eigenvalue weighted by molar-refractivity contribution is 7.13. The smallest absolute Gasteiger partial charge is 0.321 e. The van der Waals surface area contributed by atoms with Crippen molar-refractivity contribution in [1.29, 1.82) is 0 Å². The zero-order chi connectivity index (χ0) is 16.1. The minimum Gasteiger partial charge on any atom is -0.378 e. The first kappa shape index (κ1) is 15.5. The van der Waals surface area contributed by atoms with Crippen LogP contribution in [-0.4, -0.2) is 29.7 Å². The number of amides is 2. The molecule has 120 valence electrons. The molecule has 0 spiro atoms. The zero-order valence-electron chi connectivity index (χ0n) is 12.8. The summed E-state index contributed by atoms with van der Waals surface area (Å²) in [5.41, 5.74) is 3.02. The Morgan fingerprint density at radius 3 is 3.09 bits per heavy atom. The van der Waals surface area contributed by atoms with Crippen LogP contribution in [0.1, 0.15) is 11.4 Å². The number of hydrogen-bond donors (Lipinski definition) is 3. The quantitative estimate of drug-likeness (QED) is 0.649. The topological polar surface area (TPSA) is 79.0 Å². The van der Waals surface area contributed by atoms with Gasteiger partial charge in [0.1, 0.15) is 0 Å². The standard InChI is InChI=1S/C16H18N4O2S/c1-22-9-13-10-23-16(19-13)20-15(21)17-7-6-12-8-11-4-2-3-5-14(11)18-12/h2-5,8,10,18H,6-7,9H2,1H3,(H2,17,19,20,21). The van der Waals surface area contributed by atoms with Crippen LogP contribution in [-0.2, 0) is 17.8 Å². The van der Waals surface area contributed by atoms with E-state index in [1.165, 1.54) is 16.7 Å². The minimum atomic E-state index is -0.251. The Bertz CT molecular complexity index is 763. The van der Waals surface area contributed by atoms with E-state index in [1.54, 1.807) is 7.11 Å². The first-order chi connectivity index (χ1) is 11.2. The van der Waals surface area contributed by atoms with Crippen molar-refractivity contribution in [1.82, 2.24) is 15.3 Å².